The van der Waals surface area contributed by atoms with Gasteiger partial charge in [-0.15, -0.1) is 0 Å². The van der Waals surface area contributed by atoms with Crippen molar-refractivity contribution in [3.63, 3.8) is 0 Å². The van der Waals surface area contributed by atoms with Crippen LogP contribution in [-0.4, -0.2) is 9.97 Å². The Kier molecular flexibility index (Phi) is 1.54. The van der Waals surface area contributed by atoms with Gasteiger partial charge in [-0.05, 0) is 54.1 Å². The van der Waals surface area contributed by atoms with E-state index in [2.05, 4.69) is 9.97 Å². The smallest absolute Gasteiger partial charge is 0.227 e. The van der Waals surface area contributed by atoms with Gasteiger partial charge in [-0.2, -0.15) is 0 Å². The number of pyridine rings is 2. The molecule has 0 aliphatic carbocycles. The number of furan rings is 1. The molecule has 3 aromatic heterocycles. The first-order valence-corrected chi connectivity index (χ1v) is 8.44. The first kappa shape index (κ1) is 6.41. The number of rotatable bonds is 4. The number of para-hydroxylation sites is 1. The van der Waals surface area contributed by atoms with Crippen molar-refractivity contribution in [2.75, 3.05) is 0 Å². The van der Waals surface area contributed by atoms with E-state index in [0.717, 1.165) is 24.4 Å². The third-order valence-electron chi connectivity index (χ3n) is 4.59. The van der Waals surface area contributed by atoms with Gasteiger partial charge in [0.15, 0.2) is 0 Å². The van der Waals surface area contributed by atoms with Gasteiger partial charge < -0.3 is 4.42 Å². The van der Waals surface area contributed by atoms with E-state index in [-0.39, 0.29) is 27.6 Å². The molecule has 4 rings (SSSR count). The Morgan fingerprint density at radius 1 is 1.00 bits per heavy atom. The van der Waals surface area contributed by atoms with Gasteiger partial charge in [0, 0.05) is 63.8 Å². The fourth-order valence-corrected chi connectivity index (χ4v) is 3.08. The second-order valence-corrected chi connectivity index (χ2v) is 6.51. The topological polar surface area (TPSA) is 38.9 Å². The van der Waals surface area contributed by atoms with Crippen LogP contribution < -0.4 is 0 Å². The zero-order valence-electron chi connectivity index (χ0n) is 36.9. The highest BCUT2D eigenvalue weighted by molar-refractivity contribution is 6.08. The number of nitrogens with zero attached hydrogens (tertiary/aromatic N) is 2. The molecule has 0 saturated carbocycles. The minimum Gasteiger partial charge on any atom is -0.437 e. The molecule has 0 saturated heterocycles. The Balaban J connectivity index is 2.11. The summed E-state index contributed by atoms with van der Waals surface area (Å²) in [6.07, 6.45) is -7.20. The molecular weight excluding hydrogens is 356 g/mol. The van der Waals surface area contributed by atoms with E-state index in [1.165, 1.54) is 24.3 Å². The first-order valence-electron chi connectivity index (χ1n) is 19.4. The molecule has 0 bridgehead atoms. The van der Waals surface area contributed by atoms with Crippen LogP contribution in [0.5, 0.6) is 0 Å². The van der Waals surface area contributed by atoms with Gasteiger partial charge in [-0.25, -0.2) is 4.98 Å². The van der Waals surface area contributed by atoms with Gasteiger partial charge in [0.1, 0.15) is 5.58 Å². The van der Waals surface area contributed by atoms with Crippen molar-refractivity contribution < 1.29 is 34.6 Å². The number of aromatic nitrogens is 2. The average Bonchev–Trinajstić information content (AvgIpc) is 3.27. The molecule has 0 atom stereocenters. The fraction of sp³-hybridized carbons (Fsp3) is 0.385. The van der Waals surface area contributed by atoms with Crippen molar-refractivity contribution in [3.05, 3.63) is 59.9 Å². The van der Waals surface area contributed by atoms with E-state index in [0.29, 0.717) is 0 Å². The maximum atomic E-state index is 8.58. The molecule has 0 aliphatic rings. The molecule has 0 radical (unpaired) electrons. The summed E-state index contributed by atoms with van der Waals surface area (Å²) < 4.78 is 184. The standard InChI is InChI=1S/C26H30N2O/c1-7-26(6,8-2)17-14-15-27-21(16-17)20-11-9-10-18-19-12-13-22(25(3,4)5)28-24(19)29-23(18)20/h9-16H,7-8H2,1-6H3/i1D3,2D3,3D3,4D3,5D3,6D3,7D2,8D2. The Hall–Kier alpha value is -2.68. The average molecular weight is 409 g/mol. The molecule has 0 amide bonds. The molecule has 0 N–H and O–H groups in total. The lowest BCUT2D eigenvalue weighted by Crippen LogP contribution is -2.19. The molecule has 0 spiro atoms. The lowest BCUT2D eigenvalue weighted by atomic mass is 9.78. The second kappa shape index (κ2) is 6.98. The summed E-state index contributed by atoms with van der Waals surface area (Å²) in [5, 5.41) is 0.352. The molecule has 3 nitrogen and oxygen atoms in total. The highest BCUT2D eigenvalue weighted by atomic mass is 16.3. The van der Waals surface area contributed by atoms with Crippen molar-refractivity contribution in [2.45, 2.75) is 64.7 Å². The summed E-state index contributed by atoms with van der Waals surface area (Å²) in [7, 11) is 0. The van der Waals surface area contributed by atoms with Gasteiger partial charge in [-0.3, -0.25) is 4.98 Å². The number of fused-ring (bicyclic) bond motifs is 3. The van der Waals surface area contributed by atoms with E-state index < -0.39 is 81.7 Å². The predicted molar refractivity (Wildman–Crippen MR) is 121 cm³/mol. The number of hydrogen-bond acceptors (Lipinski definition) is 3. The van der Waals surface area contributed by atoms with Crippen LogP contribution >= 0.6 is 0 Å². The molecule has 3 heterocycles. The molecule has 0 unspecified atom stereocenters. The third kappa shape index (κ3) is 3.33. The zero-order valence-corrected chi connectivity index (χ0v) is 14.9. The van der Waals surface area contributed by atoms with Gasteiger partial charge in [0.05, 0.1) is 5.69 Å². The molecule has 0 aliphatic heterocycles. The highest BCUT2D eigenvalue weighted by Gasteiger charge is 2.24. The Morgan fingerprint density at radius 2 is 1.86 bits per heavy atom. The summed E-state index contributed by atoms with van der Waals surface area (Å²) in [6.45, 7) is -22.6. The quantitative estimate of drug-likeness (QED) is 0.352. The van der Waals surface area contributed by atoms with Gasteiger partial charge in [0.2, 0.25) is 5.71 Å². The highest BCUT2D eigenvalue weighted by Crippen LogP contribution is 2.37. The van der Waals surface area contributed by atoms with Crippen LogP contribution in [-0.2, 0) is 10.8 Å². The molecule has 150 valence electrons. The van der Waals surface area contributed by atoms with E-state index in [4.69, 9.17) is 34.6 Å². The van der Waals surface area contributed by atoms with E-state index in [1.807, 2.05) is 0 Å². The molecule has 4 aromatic rings. The molecule has 29 heavy (non-hydrogen) atoms. The Morgan fingerprint density at radius 3 is 2.62 bits per heavy atom. The summed E-state index contributed by atoms with van der Waals surface area (Å²) in [6, 6.07) is 8.03. The minimum absolute atomic E-state index is 0.0361. The summed E-state index contributed by atoms with van der Waals surface area (Å²) in [5.41, 5.74) is -9.92. The maximum Gasteiger partial charge on any atom is 0.227 e. The first-order chi connectivity index (χ1) is 22.6. The molecule has 3 heteroatoms. The second-order valence-electron chi connectivity index (χ2n) is 6.51. The lowest BCUT2D eigenvalue weighted by molar-refractivity contribution is 0.438. The van der Waals surface area contributed by atoms with E-state index in [1.54, 1.807) is 0 Å². The largest absolute Gasteiger partial charge is 0.437 e. The van der Waals surface area contributed by atoms with Crippen LogP contribution in [0.3, 0.4) is 0 Å². The Labute approximate surface area is 204 Å². The van der Waals surface area contributed by atoms with Crippen LogP contribution in [0.25, 0.3) is 33.3 Å². The van der Waals surface area contributed by atoms with E-state index in [9.17, 15) is 0 Å². The van der Waals surface area contributed by atoms with Crippen molar-refractivity contribution in [2.24, 2.45) is 0 Å². The third-order valence-corrected chi connectivity index (χ3v) is 4.59. The molecular formula is C26H30N2O. The van der Waals surface area contributed by atoms with Gasteiger partial charge in [-0.1, -0.05) is 53.2 Å². The number of benzene rings is 1. The van der Waals surface area contributed by atoms with Crippen LogP contribution in [0.15, 0.2) is 53.1 Å². The summed E-state index contributed by atoms with van der Waals surface area (Å²) in [4.78, 5) is 8.22. The van der Waals surface area contributed by atoms with Crippen molar-refractivity contribution in [1.82, 2.24) is 9.97 Å². The SMILES string of the molecule is [2H]C([2H])([2H])C([2H])([2H])C(c1ccnc(-c2cccc3c2oc2nc(C(C([2H])([2H])[2H])(C([2H])([2H])[2H])C([2H])([2H])[2H])ccc23)c1)(C([2H])([2H])[2H])C([2H])([2H])C([2H])([2H])[2H]. The normalized spacial score (nSPS) is 27.6. The lowest BCUT2D eigenvalue weighted by Gasteiger charge is -2.27. The van der Waals surface area contributed by atoms with Gasteiger partial charge in [0.25, 0.3) is 0 Å². The van der Waals surface area contributed by atoms with Crippen molar-refractivity contribution >= 4 is 22.1 Å². The zero-order chi connectivity index (χ0) is 39.4. The number of hydrogen-bond donors (Lipinski definition) is 0. The van der Waals surface area contributed by atoms with Crippen molar-refractivity contribution in [3.8, 4) is 11.3 Å². The Bertz CT molecular complexity index is 1880. The van der Waals surface area contributed by atoms with Crippen LogP contribution in [0, 0.1) is 0 Å². The maximum absolute atomic E-state index is 8.58. The molecule has 1 aromatic carbocycles. The monoisotopic (exact) mass is 408 g/mol. The van der Waals surface area contributed by atoms with Crippen molar-refractivity contribution in [1.29, 1.82) is 0 Å². The van der Waals surface area contributed by atoms with E-state index >= 15 is 0 Å². The van der Waals surface area contributed by atoms with Crippen LogP contribution in [0.4, 0.5) is 0 Å². The van der Waals surface area contributed by atoms with Gasteiger partial charge >= 0.3 is 0 Å². The predicted octanol–water partition coefficient (Wildman–Crippen LogP) is 7.42. The summed E-state index contributed by atoms with van der Waals surface area (Å²) in [5.74, 6) is 0. The van der Waals surface area contributed by atoms with Crippen LogP contribution in [0.2, 0.25) is 0 Å². The molecule has 0 fully saturated rings. The summed E-state index contributed by atoms with van der Waals surface area (Å²) >= 11 is 0. The fourth-order valence-electron chi connectivity index (χ4n) is 3.08. The minimum atomic E-state index is -4.05. The van der Waals surface area contributed by atoms with Crippen LogP contribution in [0.1, 0.15) is 95.3 Å².